The first kappa shape index (κ1) is 14.7. The molecule has 0 bridgehead atoms. The third kappa shape index (κ3) is 4.44. The highest BCUT2D eigenvalue weighted by Crippen LogP contribution is 2.27. The molecule has 1 aromatic rings. The van der Waals surface area contributed by atoms with E-state index in [-0.39, 0.29) is 0 Å². The van der Waals surface area contributed by atoms with Gasteiger partial charge in [0.15, 0.2) is 5.96 Å². The molecule has 1 saturated carbocycles. The number of nitrogens with two attached hydrogens (primary N) is 1. The van der Waals surface area contributed by atoms with Gasteiger partial charge in [0, 0.05) is 12.1 Å². The van der Waals surface area contributed by atoms with E-state index >= 15 is 0 Å². The molecule has 1 aromatic carbocycles. The number of rotatable bonds is 7. The molecule has 1 aliphatic carbocycles. The van der Waals surface area contributed by atoms with Crippen molar-refractivity contribution < 1.29 is 4.74 Å². The second-order valence-electron chi connectivity index (χ2n) is 5.26. The van der Waals surface area contributed by atoms with Crippen LogP contribution in [0.1, 0.15) is 44.6 Å². The van der Waals surface area contributed by atoms with Crippen molar-refractivity contribution in [3.05, 3.63) is 29.8 Å². The predicted octanol–water partition coefficient (Wildman–Crippen LogP) is 2.82. The molecule has 0 aromatic heterocycles. The number of hydrogen-bond acceptors (Lipinski definition) is 2. The lowest BCUT2D eigenvalue weighted by atomic mass is 9.96. The third-order valence-corrected chi connectivity index (χ3v) is 3.57. The zero-order valence-corrected chi connectivity index (χ0v) is 12.3. The Morgan fingerprint density at radius 1 is 1.40 bits per heavy atom. The Kier molecular flexibility index (Phi) is 5.71. The van der Waals surface area contributed by atoms with Crippen LogP contribution >= 0.6 is 0 Å². The number of benzene rings is 1. The Balaban J connectivity index is 1.89. The van der Waals surface area contributed by atoms with Crippen LogP contribution in [0.25, 0.3) is 0 Å². The summed E-state index contributed by atoms with van der Waals surface area (Å²) >= 11 is 0. The molecule has 0 radical (unpaired) electrons. The molecule has 3 N–H and O–H groups in total. The van der Waals surface area contributed by atoms with Gasteiger partial charge in [-0.25, -0.2) is 4.99 Å². The van der Waals surface area contributed by atoms with Crippen LogP contribution < -0.4 is 15.8 Å². The molecule has 2 rings (SSSR count). The van der Waals surface area contributed by atoms with Gasteiger partial charge in [0.05, 0.1) is 12.6 Å². The van der Waals surface area contributed by atoms with Gasteiger partial charge >= 0.3 is 0 Å². The van der Waals surface area contributed by atoms with Crippen molar-refractivity contribution in [3.63, 3.8) is 0 Å². The Morgan fingerprint density at radius 2 is 2.20 bits per heavy atom. The molecule has 4 heteroatoms. The topological polar surface area (TPSA) is 59.6 Å². The maximum absolute atomic E-state index is 5.98. The highest BCUT2D eigenvalue weighted by Gasteiger charge is 2.19. The second kappa shape index (κ2) is 7.78. The summed E-state index contributed by atoms with van der Waals surface area (Å²) < 4.78 is 5.98. The molecule has 0 unspecified atom stereocenters. The lowest BCUT2D eigenvalue weighted by Gasteiger charge is -2.27. The van der Waals surface area contributed by atoms with Crippen LogP contribution in [-0.4, -0.2) is 18.6 Å². The van der Waals surface area contributed by atoms with Crippen LogP contribution in [0.3, 0.4) is 0 Å². The van der Waals surface area contributed by atoms with E-state index in [4.69, 9.17) is 10.5 Å². The van der Waals surface area contributed by atoms with E-state index in [0.717, 1.165) is 43.5 Å². The monoisotopic (exact) mass is 275 g/mol. The molecule has 0 spiro atoms. The number of nitrogens with one attached hydrogen (secondary N) is 1. The van der Waals surface area contributed by atoms with Gasteiger partial charge in [-0.15, -0.1) is 0 Å². The van der Waals surface area contributed by atoms with Crippen LogP contribution in [0.2, 0.25) is 0 Å². The average Bonchev–Trinajstić information content (AvgIpc) is 2.42. The highest BCUT2D eigenvalue weighted by atomic mass is 16.5. The summed E-state index contributed by atoms with van der Waals surface area (Å²) in [5.74, 6) is 1.46. The van der Waals surface area contributed by atoms with Gasteiger partial charge in [-0.3, -0.25) is 0 Å². The fourth-order valence-electron chi connectivity index (χ4n) is 2.04. The van der Waals surface area contributed by atoms with Crippen LogP contribution in [0, 0.1) is 0 Å². The van der Waals surface area contributed by atoms with Crippen molar-refractivity contribution in [1.82, 2.24) is 5.32 Å². The minimum Gasteiger partial charge on any atom is -0.490 e. The first-order valence-corrected chi connectivity index (χ1v) is 7.58. The second-order valence-corrected chi connectivity index (χ2v) is 5.26. The van der Waals surface area contributed by atoms with E-state index in [9.17, 15) is 0 Å². The van der Waals surface area contributed by atoms with Gasteiger partial charge in [-0.05, 0) is 31.7 Å². The number of unbranched alkanes of at least 4 members (excludes halogenated alkanes) is 1. The number of guanidine groups is 1. The summed E-state index contributed by atoms with van der Waals surface area (Å²) in [5, 5.41) is 3.12. The Hall–Kier alpha value is -1.71. The molecular weight excluding hydrogens is 250 g/mol. The fraction of sp³-hybridized carbons (Fsp3) is 0.562. The summed E-state index contributed by atoms with van der Waals surface area (Å²) in [5.41, 5.74) is 6.95. The minimum atomic E-state index is 0.389. The SMILES string of the molecule is CCCCNC(N)=NCc1ccccc1OC1CCC1. The van der Waals surface area contributed by atoms with Gasteiger partial charge in [0.1, 0.15) is 5.75 Å². The van der Waals surface area contributed by atoms with Crippen molar-refractivity contribution in [2.75, 3.05) is 6.54 Å². The quantitative estimate of drug-likeness (QED) is 0.457. The molecular formula is C16H25N3O. The fourth-order valence-corrected chi connectivity index (χ4v) is 2.04. The largest absolute Gasteiger partial charge is 0.490 e. The highest BCUT2D eigenvalue weighted by molar-refractivity contribution is 5.77. The third-order valence-electron chi connectivity index (χ3n) is 3.57. The molecule has 0 amide bonds. The van der Waals surface area contributed by atoms with Crippen molar-refractivity contribution in [2.24, 2.45) is 10.7 Å². The predicted molar refractivity (Wildman–Crippen MR) is 82.9 cm³/mol. The van der Waals surface area contributed by atoms with Gasteiger partial charge in [0.25, 0.3) is 0 Å². The normalized spacial score (nSPS) is 15.8. The lowest BCUT2D eigenvalue weighted by molar-refractivity contribution is 0.119. The number of hydrogen-bond donors (Lipinski definition) is 2. The molecule has 20 heavy (non-hydrogen) atoms. The Bertz CT molecular complexity index is 441. The van der Waals surface area contributed by atoms with E-state index in [0.29, 0.717) is 18.6 Å². The van der Waals surface area contributed by atoms with Crippen molar-refractivity contribution in [1.29, 1.82) is 0 Å². The van der Waals surface area contributed by atoms with Gasteiger partial charge in [-0.2, -0.15) is 0 Å². The molecule has 0 saturated heterocycles. The van der Waals surface area contributed by atoms with Crippen molar-refractivity contribution in [2.45, 2.75) is 51.7 Å². The van der Waals surface area contributed by atoms with E-state index in [1.54, 1.807) is 0 Å². The average molecular weight is 275 g/mol. The van der Waals surface area contributed by atoms with E-state index in [1.165, 1.54) is 6.42 Å². The van der Waals surface area contributed by atoms with Gasteiger partial charge in [-0.1, -0.05) is 31.5 Å². The van der Waals surface area contributed by atoms with Gasteiger partial charge in [0.2, 0.25) is 0 Å². The number of nitrogens with zero attached hydrogens (tertiary/aromatic N) is 1. The Morgan fingerprint density at radius 3 is 2.90 bits per heavy atom. The molecule has 1 fully saturated rings. The van der Waals surface area contributed by atoms with E-state index in [1.807, 2.05) is 18.2 Å². The zero-order chi connectivity index (χ0) is 14.2. The van der Waals surface area contributed by atoms with Crippen LogP contribution in [-0.2, 0) is 6.54 Å². The van der Waals surface area contributed by atoms with Crippen molar-refractivity contribution in [3.8, 4) is 5.75 Å². The summed E-state index contributed by atoms with van der Waals surface area (Å²) in [6.45, 7) is 3.60. The zero-order valence-electron chi connectivity index (χ0n) is 12.3. The van der Waals surface area contributed by atoms with Gasteiger partial charge < -0.3 is 15.8 Å². The number of ether oxygens (including phenoxy) is 1. The van der Waals surface area contributed by atoms with E-state index < -0.39 is 0 Å². The Labute approximate surface area is 121 Å². The molecule has 110 valence electrons. The van der Waals surface area contributed by atoms with E-state index in [2.05, 4.69) is 23.3 Å². The summed E-state index contributed by atoms with van der Waals surface area (Å²) in [4.78, 5) is 4.38. The minimum absolute atomic E-state index is 0.389. The molecule has 1 aliphatic rings. The maximum atomic E-state index is 5.98. The summed E-state index contributed by atoms with van der Waals surface area (Å²) in [7, 11) is 0. The molecule has 4 nitrogen and oxygen atoms in total. The van der Waals surface area contributed by atoms with Crippen LogP contribution in [0.4, 0.5) is 0 Å². The smallest absolute Gasteiger partial charge is 0.188 e. The number of para-hydroxylation sites is 1. The van der Waals surface area contributed by atoms with Crippen LogP contribution in [0.5, 0.6) is 5.75 Å². The van der Waals surface area contributed by atoms with Crippen molar-refractivity contribution >= 4 is 5.96 Å². The summed E-state index contributed by atoms with van der Waals surface area (Å²) in [6.07, 6.45) is 6.26. The first-order chi connectivity index (χ1) is 9.79. The molecule has 0 heterocycles. The molecule has 0 aliphatic heterocycles. The maximum Gasteiger partial charge on any atom is 0.188 e. The number of aliphatic imine (C=N–C) groups is 1. The molecule has 0 atom stereocenters. The lowest BCUT2D eigenvalue weighted by Crippen LogP contribution is -2.32. The standard InChI is InChI=1S/C16H25N3O/c1-2-3-11-18-16(17)19-12-13-7-4-5-10-15(13)20-14-8-6-9-14/h4-5,7,10,14H,2-3,6,8-9,11-12H2,1H3,(H3,17,18,19). The summed E-state index contributed by atoms with van der Waals surface area (Å²) in [6, 6.07) is 8.09. The first-order valence-electron chi connectivity index (χ1n) is 7.58. The van der Waals surface area contributed by atoms with Crippen LogP contribution in [0.15, 0.2) is 29.3 Å².